The maximum atomic E-state index is 12.6. The third-order valence-corrected chi connectivity index (χ3v) is 5.03. The predicted molar refractivity (Wildman–Crippen MR) is 82.0 cm³/mol. The Hall–Kier alpha value is -1.09. The molecule has 0 saturated carbocycles. The maximum Gasteiger partial charge on any atom is 0.267 e. The Bertz CT molecular complexity index is 532. The molecule has 2 fully saturated rings. The molecule has 22 heavy (non-hydrogen) atoms. The first-order valence-corrected chi connectivity index (χ1v) is 8.45. The van der Waals surface area contributed by atoms with Gasteiger partial charge in [0.15, 0.2) is 0 Å². The largest absolute Gasteiger partial charge is 0.384 e. The van der Waals surface area contributed by atoms with Crippen LogP contribution in [-0.2, 0) is 4.74 Å². The highest BCUT2D eigenvalue weighted by Crippen LogP contribution is 2.20. The SMILES string of the molecule is Cc1nnsc1C(=O)N1CCOCC(O)(CN2CCCC2)C1. The van der Waals surface area contributed by atoms with Crippen LogP contribution in [0.5, 0.6) is 0 Å². The smallest absolute Gasteiger partial charge is 0.267 e. The number of aliphatic hydroxyl groups is 1. The molecule has 1 unspecified atom stereocenters. The second-order valence-corrected chi connectivity index (χ2v) is 6.93. The number of hydrogen-bond donors (Lipinski definition) is 1. The number of aryl methyl sites for hydroxylation is 1. The van der Waals surface area contributed by atoms with Crippen LogP contribution in [0.15, 0.2) is 0 Å². The van der Waals surface area contributed by atoms with E-state index in [-0.39, 0.29) is 12.5 Å². The van der Waals surface area contributed by atoms with Crippen LogP contribution in [0.4, 0.5) is 0 Å². The van der Waals surface area contributed by atoms with Gasteiger partial charge in [-0.25, -0.2) is 0 Å². The van der Waals surface area contributed by atoms with Crippen LogP contribution in [-0.4, -0.2) is 81.9 Å². The lowest BCUT2D eigenvalue weighted by atomic mass is 10.0. The van der Waals surface area contributed by atoms with Crippen molar-refractivity contribution in [1.29, 1.82) is 0 Å². The molecule has 1 amide bonds. The van der Waals surface area contributed by atoms with Crippen molar-refractivity contribution in [1.82, 2.24) is 19.4 Å². The highest BCUT2D eigenvalue weighted by atomic mass is 32.1. The molecule has 0 spiro atoms. The molecule has 2 aliphatic rings. The third kappa shape index (κ3) is 3.45. The van der Waals surface area contributed by atoms with Gasteiger partial charge in [0.1, 0.15) is 10.5 Å². The normalized spacial score (nSPS) is 27.1. The van der Waals surface area contributed by atoms with Crippen molar-refractivity contribution in [2.45, 2.75) is 25.4 Å². The Morgan fingerprint density at radius 3 is 2.86 bits per heavy atom. The summed E-state index contributed by atoms with van der Waals surface area (Å²) in [5, 5.41) is 14.8. The number of rotatable bonds is 3. The number of carbonyl (C=O) groups is 1. The molecule has 2 saturated heterocycles. The van der Waals surface area contributed by atoms with E-state index in [0.717, 1.165) is 24.6 Å². The summed E-state index contributed by atoms with van der Waals surface area (Å²) >= 11 is 1.11. The third-order valence-electron chi connectivity index (χ3n) is 4.21. The van der Waals surface area contributed by atoms with Gasteiger partial charge in [0.05, 0.1) is 25.5 Å². The van der Waals surface area contributed by atoms with Gasteiger partial charge < -0.3 is 19.6 Å². The number of amides is 1. The van der Waals surface area contributed by atoms with Crippen molar-refractivity contribution in [3.63, 3.8) is 0 Å². The van der Waals surface area contributed by atoms with Crippen LogP contribution >= 0.6 is 11.5 Å². The van der Waals surface area contributed by atoms with Gasteiger partial charge in [0, 0.05) is 13.1 Å². The fraction of sp³-hybridized carbons (Fsp3) is 0.786. The van der Waals surface area contributed by atoms with Crippen LogP contribution < -0.4 is 0 Å². The molecule has 3 heterocycles. The summed E-state index contributed by atoms with van der Waals surface area (Å²) in [4.78, 5) is 17.1. The first-order chi connectivity index (χ1) is 10.6. The Labute approximate surface area is 134 Å². The highest BCUT2D eigenvalue weighted by molar-refractivity contribution is 7.07. The lowest BCUT2D eigenvalue weighted by molar-refractivity contribution is -0.0524. The summed E-state index contributed by atoms with van der Waals surface area (Å²) in [6.07, 6.45) is 2.34. The van der Waals surface area contributed by atoms with E-state index in [9.17, 15) is 9.90 Å². The van der Waals surface area contributed by atoms with Gasteiger partial charge in [-0.2, -0.15) is 0 Å². The first kappa shape index (κ1) is 15.8. The zero-order chi connectivity index (χ0) is 15.6. The van der Waals surface area contributed by atoms with E-state index in [1.54, 1.807) is 11.8 Å². The Morgan fingerprint density at radius 1 is 1.41 bits per heavy atom. The number of ether oxygens (including phenoxy) is 1. The van der Waals surface area contributed by atoms with E-state index in [1.165, 1.54) is 12.8 Å². The van der Waals surface area contributed by atoms with E-state index in [2.05, 4.69) is 14.5 Å². The lowest BCUT2D eigenvalue weighted by Gasteiger charge is -2.33. The number of likely N-dealkylation sites (tertiary alicyclic amines) is 1. The lowest BCUT2D eigenvalue weighted by Crippen LogP contribution is -2.53. The van der Waals surface area contributed by atoms with Crippen LogP contribution in [0.2, 0.25) is 0 Å². The standard InChI is InChI=1S/C14H22N4O3S/c1-11-12(22-16-15-11)13(19)18-6-7-21-10-14(20,9-18)8-17-4-2-3-5-17/h20H,2-10H2,1H3. The summed E-state index contributed by atoms with van der Waals surface area (Å²) in [5.74, 6) is -0.113. The minimum atomic E-state index is -1.01. The maximum absolute atomic E-state index is 12.6. The van der Waals surface area contributed by atoms with E-state index in [1.807, 2.05) is 0 Å². The topological polar surface area (TPSA) is 78.8 Å². The van der Waals surface area contributed by atoms with Crippen molar-refractivity contribution in [3.05, 3.63) is 10.6 Å². The number of carbonyl (C=O) groups excluding carboxylic acids is 1. The molecule has 0 bridgehead atoms. The van der Waals surface area contributed by atoms with Crippen molar-refractivity contribution in [2.24, 2.45) is 0 Å². The molecule has 122 valence electrons. The van der Waals surface area contributed by atoms with Crippen LogP contribution in [0, 0.1) is 6.92 Å². The minimum absolute atomic E-state index is 0.113. The number of aromatic nitrogens is 2. The van der Waals surface area contributed by atoms with Crippen molar-refractivity contribution < 1.29 is 14.6 Å². The molecule has 1 N–H and O–H groups in total. The number of nitrogens with zero attached hydrogens (tertiary/aromatic N) is 4. The average molecular weight is 326 g/mol. The average Bonchev–Trinajstić information content (AvgIpc) is 3.09. The number of β-amino-alcohol motifs (C(OH)–C–C–N with tert-alkyl or cyclic N) is 1. The minimum Gasteiger partial charge on any atom is -0.384 e. The summed E-state index contributed by atoms with van der Waals surface area (Å²) in [7, 11) is 0. The molecule has 7 nitrogen and oxygen atoms in total. The Balaban J connectivity index is 1.71. The zero-order valence-corrected chi connectivity index (χ0v) is 13.6. The van der Waals surface area contributed by atoms with Gasteiger partial charge >= 0.3 is 0 Å². The monoisotopic (exact) mass is 326 g/mol. The zero-order valence-electron chi connectivity index (χ0n) is 12.8. The molecule has 0 radical (unpaired) electrons. The number of hydrogen-bond acceptors (Lipinski definition) is 7. The fourth-order valence-electron chi connectivity index (χ4n) is 3.11. The highest BCUT2D eigenvalue weighted by Gasteiger charge is 2.37. The summed E-state index contributed by atoms with van der Waals surface area (Å²) in [6, 6.07) is 0. The van der Waals surface area contributed by atoms with E-state index in [4.69, 9.17) is 4.74 Å². The van der Waals surface area contributed by atoms with Crippen molar-refractivity contribution in [3.8, 4) is 0 Å². The van der Waals surface area contributed by atoms with Crippen LogP contribution in [0.3, 0.4) is 0 Å². The molecule has 0 aromatic carbocycles. The van der Waals surface area contributed by atoms with Crippen LogP contribution in [0.1, 0.15) is 28.2 Å². The van der Waals surface area contributed by atoms with Crippen molar-refractivity contribution >= 4 is 17.4 Å². The van der Waals surface area contributed by atoms with E-state index in [0.29, 0.717) is 36.8 Å². The molecular weight excluding hydrogens is 304 g/mol. The van der Waals surface area contributed by atoms with Gasteiger partial charge in [0.2, 0.25) is 0 Å². The first-order valence-electron chi connectivity index (χ1n) is 7.68. The van der Waals surface area contributed by atoms with Gasteiger partial charge in [0.25, 0.3) is 5.91 Å². The van der Waals surface area contributed by atoms with Crippen molar-refractivity contribution in [2.75, 3.05) is 45.9 Å². The van der Waals surface area contributed by atoms with E-state index < -0.39 is 5.60 Å². The van der Waals surface area contributed by atoms with E-state index >= 15 is 0 Å². The van der Waals surface area contributed by atoms with Gasteiger partial charge in [-0.3, -0.25) is 4.79 Å². The molecular formula is C14H22N4O3S. The Kier molecular flexibility index (Phi) is 4.72. The predicted octanol–water partition coefficient (Wildman–Crippen LogP) is 0.146. The molecule has 1 atom stereocenters. The molecule has 0 aliphatic carbocycles. The molecule has 3 rings (SSSR count). The quantitative estimate of drug-likeness (QED) is 0.852. The molecule has 2 aliphatic heterocycles. The van der Waals surface area contributed by atoms with Gasteiger partial charge in [-0.05, 0) is 44.4 Å². The molecule has 8 heteroatoms. The second-order valence-electron chi connectivity index (χ2n) is 6.17. The van der Waals surface area contributed by atoms with Gasteiger partial charge in [-0.15, -0.1) is 5.10 Å². The molecule has 1 aromatic rings. The Morgan fingerprint density at radius 2 is 2.18 bits per heavy atom. The van der Waals surface area contributed by atoms with Crippen LogP contribution in [0.25, 0.3) is 0 Å². The fourth-order valence-corrected chi connectivity index (χ4v) is 3.74. The van der Waals surface area contributed by atoms with Gasteiger partial charge in [-0.1, -0.05) is 4.49 Å². The summed E-state index contributed by atoms with van der Waals surface area (Å²) < 4.78 is 9.37. The summed E-state index contributed by atoms with van der Waals surface area (Å²) in [5.41, 5.74) is -0.369. The molecule has 1 aromatic heterocycles. The second kappa shape index (κ2) is 6.57. The summed E-state index contributed by atoms with van der Waals surface area (Å²) in [6.45, 7) is 5.84.